The molecule has 17 heavy (non-hydrogen) atoms. The molecule has 1 aliphatic rings. The van der Waals surface area contributed by atoms with Crippen LogP contribution in [0.1, 0.15) is 11.3 Å². The summed E-state index contributed by atoms with van der Waals surface area (Å²) < 4.78 is 13.2. The van der Waals surface area contributed by atoms with Gasteiger partial charge in [-0.15, -0.1) is 0 Å². The lowest BCUT2D eigenvalue weighted by atomic mass is 9.98. The molecule has 1 aromatic carbocycles. The minimum absolute atomic E-state index is 0.201. The zero-order chi connectivity index (χ0) is 11.7. The second-order valence-corrected chi connectivity index (χ2v) is 4.01. The fraction of sp³-hybridized carbons (Fsp3) is 0.0714. The second kappa shape index (κ2) is 4.01. The van der Waals surface area contributed by atoms with Crippen LogP contribution in [0, 0.1) is 5.82 Å². The zero-order valence-corrected chi connectivity index (χ0v) is 9.15. The van der Waals surface area contributed by atoms with Gasteiger partial charge in [0.05, 0.1) is 5.69 Å². The Balaban J connectivity index is 1.96. The molecule has 1 N–H and O–H groups in total. The van der Waals surface area contributed by atoms with Crippen molar-refractivity contribution >= 4 is 11.3 Å². The summed E-state index contributed by atoms with van der Waals surface area (Å²) in [6.45, 7) is 0. The fourth-order valence-electron chi connectivity index (χ4n) is 1.99. The number of halogens is 1. The minimum atomic E-state index is -0.201. The Morgan fingerprint density at radius 2 is 2.12 bits per heavy atom. The van der Waals surface area contributed by atoms with Gasteiger partial charge in [-0.2, -0.15) is 0 Å². The maximum Gasteiger partial charge on any atom is 0.123 e. The van der Waals surface area contributed by atoms with E-state index in [2.05, 4.69) is 10.3 Å². The third-order valence-corrected chi connectivity index (χ3v) is 2.84. The van der Waals surface area contributed by atoms with Gasteiger partial charge in [-0.05, 0) is 41.5 Å². The molecular formula is C14H11FN2. The van der Waals surface area contributed by atoms with Gasteiger partial charge in [0.15, 0.2) is 0 Å². The molecule has 0 amide bonds. The Morgan fingerprint density at radius 3 is 2.94 bits per heavy atom. The van der Waals surface area contributed by atoms with E-state index >= 15 is 0 Å². The van der Waals surface area contributed by atoms with E-state index in [0.29, 0.717) is 6.42 Å². The van der Waals surface area contributed by atoms with E-state index in [1.165, 1.54) is 6.07 Å². The Labute approximate surface area is 98.8 Å². The van der Waals surface area contributed by atoms with Crippen LogP contribution in [0.25, 0.3) is 5.57 Å². The molecule has 2 aromatic rings. The number of rotatable bonds is 1. The van der Waals surface area contributed by atoms with Crippen LogP contribution in [-0.4, -0.2) is 4.98 Å². The molecule has 0 unspecified atom stereocenters. The van der Waals surface area contributed by atoms with Crippen LogP contribution < -0.4 is 5.32 Å². The quantitative estimate of drug-likeness (QED) is 0.807. The van der Waals surface area contributed by atoms with Gasteiger partial charge in [0.25, 0.3) is 0 Å². The lowest BCUT2D eigenvalue weighted by molar-refractivity contribution is 0.626. The average Bonchev–Trinajstić information content (AvgIpc) is 2.39. The summed E-state index contributed by atoms with van der Waals surface area (Å²) in [7, 11) is 0. The van der Waals surface area contributed by atoms with Crippen LogP contribution in [0.5, 0.6) is 0 Å². The van der Waals surface area contributed by atoms with Gasteiger partial charge in [0.2, 0.25) is 0 Å². The molecule has 0 atom stereocenters. The summed E-state index contributed by atoms with van der Waals surface area (Å²) in [6, 6.07) is 10.6. The van der Waals surface area contributed by atoms with Crippen molar-refractivity contribution in [3.05, 3.63) is 65.9 Å². The molecule has 84 valence electrons. The predicted molar refractivity (Wildman–Crippen MR) is 65.9 cm³/mol. The molecule has 0 radical (unpaired) electrons. The lowest BCUT2D eigenvalue weighted by Crippen LogP contribution is -2.06. The topological polar surface area (TPSA) is 24.9 Å². The number of fused-ring (bicyclic) bond motifs is 1. The third kappa shape index (κ3) is 1.91. The average molecular weight is 226 g/mol. The number of hydrogen-bond acceptors (Lipinski definition) is 2. The van der Waals surface area contributed by atoms with Gasteiger partial charge in [-0.25, -0.2) is 4.39 Å². The van der Waals surface area contributed by atoms with Crippen LogP contribution in [-0.2, 0) is 6.42 Å². The Hall–Kier alpha value is -2.16. The van der Waals surface area contributed by atoms with Crippen molar-refractivity contribution in [2.24, 2.45) is 0 Å². The lowest BCUT2D eigenvalue weighted by Gasteiger charge is -2.18. The molecule has 2 nitrogen and oxygen atoms in total. The van der Waals surface area contributed by atoms with E-state index in [-0.39, 0.29) is 5.82 Å². The van der Waals surface area contributed by atoms with Gasteiger partial charge in [-0.3, -0.25) is 4.98 Å². The van der Waals surface area contributed by atoms with Crippen LogP contribution in [0.3, 0.4) is 0 Å². The molecule has 3 heteroatoms. The van der Waals surface area contributed by atoms with Crippen LogP contribution >= 0.6 is 0 Å². The van der Waals surface area contributed by atoms with Crippen molar-refractivity contribution < 1.29 is 4.39 Å². The minimum Gasteiger partial charge on any atom is -0.361 e. The van der Waals surface area contributed by atoms with Crippen LogP contribution in [0.4, 0.5) is 10.1 Å². The fourth-order valence-corrected chi connectivity index (χ4v) is 1.99. The van der Waals surface area contributed by atoms with E-state index in [0.717, 1.165) is 22.5 Å². The number of aromatic nitrogens is 1. The molecule has 0 bridgehead atoms. The molecule has 0 aliphatic carbocycles. The van der Waals surface area contributed by atoms with Crippen molar-refractivity contribution in [3.63, 3.8) is 0 Å². The van der Waals surface area contributed by atoms with Crippen molar-refractivity contribution in [1.29, 1.82) is 0 Å². The molecule has 0 saturated carbocycles. The molecule has 1 aromatic heterocycles. The molecule has 3 rings (SSSR count). The summed E-state index contributed by atoms with van der Waals surface area (Å²) in [5.74, 6) is -0.201. The number of anilines is 1. The number of allylic oxidation sites excluding steroid dienone is 1. The molecular weight excluding hydrogens is 215 g/mol. The molecule has 0 saturated heterocycles. The van der Waals surface area contributed by atoms with Crippen LogP contribution in [0.2, 0.25) is 0 Å². The van der Waals surface area contributed by atoms with Crippen molar-refractivity contribution in [2.45, 2.75) is 6.42 Å². The summed E-state index contributed by atoms with van der Waals surface area (Å²) in [6.07, 6.45) is 4.40. The monoisotopic (exact) mass is 226 g/mol. The number of pyridine rings is 1. The Morgan fingerprint density at radius 1 is 1.18 bits per heavy atom. The maximum absolute atomic E-state index is 13.2. The van der Waals surface area contributed by atoms with E-state index in [1.54, 1.807) is 18.3 Å². The molecule has 1 aliphatic heterocycles. The standard InChI is InChI=1S/C14H11FN2/c15-12-4-5-14-10(8-12)7-11(9-17-14)13-3-1-2-6-16-13/h1-6,8-9,17H,7H2. The molecule has 2 heterocycles. The van der Waals surface area contributed by atoms with Gasteiger partial charge >= 0.3 is 0 Å². The Bertz CT molecular complexity index is 576. The van der Waals surface area contributed by atoms with E-state index in [9.17, 15) is 4.39 Å². The SMILES string of the molecule is Fc1ccc2c(c1)CC(c1ccccn1)=CN2. The summed E-state index contributed by atoms with van der Waals surface area (Å²) in [5, 5.41) is 3.17. The van der Waals surface area contributed by atoms with Crippen molar-refractivity contribution in [2.75, 3.05) is 5.32 Å². The van der Waals surface area contributed by atoms with Gasteiger partial charge in [-0.1, -0.05) is 6.07 Å². The predicted octanol–water partition coefficient (Wildman–Crippen LogP) is 3.23. The number of nitrogens with zero attached hydrogens (tertiary/aromatic N) is 1. The highest BCUT2D eigenvalue weighted by molar-refractivity contribution is 5.74. The van der Waals surface area contributed by atoms with E-state index < -0.39 is 0 Å². The first kappa shape index (κ1) is 10.0. The highest BCUT2D eigenvalue weighted by Gasteiger charge is 2.13. The third-order valence-electron chi connectivity index (χ3n) is 2.84. The highest BCUT2D eigenvalue weighted by atomic mass is 19.1. The maximum atomic E-state index is 13.2. The first-order chi connectivity index (χ1) is 8.33. The summed E-state index contributed by atoms with van der Waals surface area (Å²) in [5.41, 5.74) is 3.93. The van der Waals surface area contributed by atoms with Crippen LogP contribution in [0.15, 0.2) is 48.8 Å². The number of nitrogens with one attached hydrogen (secondary N) is 1. The highest BCUT2D eigenvalue weighted by Crippen LogP contribution is 2.28. The first-order valence-corrected chi connectivity index (χ1v) is 5.48. The number of hydrogen-bond donors (Lipinski definition) is 1. The first-order valence-electron chi connectivity index (χ1n) is 5.48. The normalized spacial score (nSPS) is 13.6. The summed E-state index contributed by atoms with van der Waals surface area (Å²) in [4.78, 5) is 4.30. The summed E-state index contributed by atoms with van der Waals surface area (Å²) >= 11 is 0. The largest absolute Gasteiger partial charge is 0.361 e. The molecule has 0 spiro atoms. The number of benzene rings is 1. The van der Waals surface area contributed by atoms with Gasteiger partial charge < -0.3 is 5.32 Å². The molecule has 0 fully saturated rings. The smallest absolute Gasteiger partial charge is 0.123 e. The van der Waals surface area contributed by atoms with Crippen molar-refractivity contribution in [1.82, 2.24) is 4.98 Å². The van der Waals surface area contributed by atoms with Crippen molar-refractivity contribution in [3.8, 4) is 0 Å². The second-order valence-electron chi connectivity index (χ2n) is 4.01. The van der Waals surface area contributed by atoms with Gasteiger partial charge in [0, 0.05) is 24.5 Å². The zero-order valence-electron chi connectivity index (χ0n) is 9.15. The van der Waals surface area contributed by atoms with Gasteiger partial charge in [0.1, 0.15) is 5.82 Å². The van der Waals surface area contributed by atoms with E-state index in [1.807, 2.05) is 24.4 Å². The Kier molecular flexibility index (Phi) is 2.37. The van der Waals surface area contributed by atoms with E-state index in [4.69, 9.17) is 0 Å².